The predicted molar refractivity (Wildman–Crippen MR) is 163 cm³/mol. The number of nitrogens with zero attached hydrogens (tertiary/aromatic N) is 2. The zero-order chi connectivity index (χ0) is 29.3. The van der Waals surface area contributed by atoms with E-state index in [0.717, 1.165) is 40.7 Å². The molecule has 8 heteroatoms. The molecule has 1 aliphatic heterocycles. The minimum atomic E-state index is -0.646. The highest BCUT2D eigenvalue weighted by Gasteiger charge is 2.38. The minimum Gasteiger partial charge on any atom is -0.508 e. The molecule has 6 nitrogen and oxygen atoms in total. The first-order valence-corrected chi connectivity index (χ1v) is 14.6. The monoisotopic (exact) mass is 592 g/mol. The summed E-state index contributed by atoms with van der Waals surface area (Å²) in [4.78, 5) is 31.0. The Morgan fingerprint density at radius 2 is 1.66 bits per heavy atom. The van der Waals surface area contributed by atoms with E-state index in [4.69, 9.17) is 27.9 Å². The van der Waals surface area contributed by atoms with Crippen molar-refractivity contribution in [3.8, 4) is 16.9 Å². The number of ether oxygens (including phenoxy) is 1. The van der Waals surface area contributed by atoms with Crippen molar-refractivity contribution in [1.82, 2.24) is 9.80 Å². The van der Waals surface area contributed by atoms with Gasteiger partial charge < -0.3 is 19.6 Å². The largest absolute Gasteiger partial charge is 0.508 e. The van der Waals surface area contributed by atoms with Crippen LogP contribution >= 0.6 is 23.2 Å². The van der Waals surface area contributed by atoms with E-state index in [1.807, 2.05) is 68.1 Å². The number of phenolic OH excluding ortho intramolecular Hbond substituents is 1. The molecule has 0 atom stereocenters. The lowest BCUT2D eigenvalue weighted by Gasteiger charge is -2.34. The van der Waals surface area contributed by atoms with Gasteiger partial charge in [0.15, 0.2) is 0 Å². The molecule has 1 saturated carbocycles. The summed E-state index contributed by atoms with van der Waals surface area (Å²) < 4.78 is 5.66. The Hall–Kier alpha value is -3.48. The minimum absolute atomic E-state index is 0.103. The molecule has 0 spiro atoms. The normalized spacial score (nSPS) is 15.6. The number of rotatable bonds is 6. The molecule has 1 aliphatic carbocycles. The molecule has 41 heavy (non-hydrogen) atoms. The molecule has 214 valence electrons. The molecule has 2 amide bonds. The first-order chi connectivity index (χ1) is 19.5. The van der Waals surface area contributed by atoms with Gasteiger partial charge in [0.1, 0.15) is 11.4 Å². The van der Waals surface area contributed by atoms with E-state index in [9.17, 15) is 14.7 Å². The highest BCUT2D eigenvalue weighted by atomic mass is 35.5. The van der Waals surface area contributed by atoms with Crippen molar-refractivity contribution in [2.24, 2.45) is 0 Å². The lowest BCUT2D eigenvalue weighted by Crippen LogP contribution is -2.44. The number of halogens is 2. The van der Waals surface area contributed by atoms with E-state index < -0.39 is 11.7 Å². The maximum atomic E-state index is 14.4. The Morgan fingerprint density at radius 1 is 0.976 bits per heavy atom. The van der Waals surface area contributed by atoms with E-state index >= 15 is 0 Å². The van der Waals surface area contributed by atoms with E-state index in [-0.39, 0.29) is 24.2 Å². The van der Waals surface area contributed by atoms with Crippen LogP contribution in [0.2, 0.25) is 10.0 Å². The van der Waals surface area contributed by atoms with Crippen molar-refractivity contribution in [2.45, 2.75) is 58.2 Å². The Kier molecular flexibility index (Phi) is 8.35. The summed E-state index contributed by atoms with van der Waals surface area (Å²) in [5.74, 6) is 0.0943. The van der Waals surface area contributed by atoms with Gasteiger partial charge in [0, 0.05) is 24.7 Å². The van der Waals surface area contributed by atoms with Gasteiger partial charge in [-0.1, -0.05) is 65.7 Å². The highest BCUT2D eigenvalue weighted by Crippen LogP contribution is 2.37. The number of phenols is 1. The Morgan fingerprint density at radius 3 is 2.34 bits per heavy atom. The molecule has 0 saturated heterocycles. The van der Waals surface area contributed by atoms with E-state index in [1.165, 1.54) is 0 Å². The zero-order valence-electron chi connectivity index (χ0n) is 23.5. The average Bonchev–Trinajstić information content (AvgIpc) is 3.78. The molecule has 3 aromatic rings. The van der Waals surface area contributed by atoms with E-state index in [0.29, 0.717) is 35.1 Å². The van der Waals surface area contributed by atoms with Crippen LogP contribution in [0.25, 0.3) is 16.7 Å². The van der Waals surface area contributed by atoms with Gasteiger partial charge in [0.2, 0.25) is 0 Å². The van der Waals surface area contributed by atoms with Gasteiger partial charge in [-0.15, -0.1) is 0 Å². The van der Waals surface area contributed by atoms with Crippen molar-refractivity contribution in [2.75, 3.05) is 13.1 Å². The van der Waals surface area contributed by atoms with Crippen molar-refractivity contribution in [3.63, 3.8) is 0 Å². The molecule has 5 rings (SSSR count). The smallest absolute Gasteiger partial charge is 0.410 e. The van der Waals surface area contributed by atoms with Gasteiger partial charge in [0.05, 0.1) is 16.6 Å². The summed E-state index contributed by atoms with van der Waals surface area (Å²) in [5.41, 5.74) is 4.50. The summed E-state index contributed by atoms with van der Waals surface area (Å²) in [6, 6.07) is 20.7. The van der Waals surface area contributed by atoms with Crippen LogP contribution < -0.4 is 0 Å². The number of amides is 2. The fourth-order valence-electron chi connectivity index (χ4n) is 5.08. The number of carbonyl (C=O) groups is 2. The fraction of sp³-hybridized carbons (Fsp3) is 0.333. The third-order valence-corrected chi connectivity index (χ3v) is 8.15. The second-order valence-corrected chi connectivity index (χ2v) is 12.4. The summed E-state index contributed by atoms with van der Waals surface area (Å²) in [5, 5.41) is 10.6. The van der Waals surface area contributed by atoms with Gasteiger partial charge in [-0.3, -0.25) is 4.79 Å². The first-order valence-electron chi connectivity index (χ1n) is 13.8. The number of benzene rings is 3. The molecule has 2 aliphatic rings. The van der Waals surface area contributed by atoms with E-state index in [2.05, 4.69) is 6.07 Å². The molecule has 0 unspecified atom stereocenters. The lowest BCUT2D eigenvalue weighted by molar-refractivity contribution is -0.128. The first kappa shape index (κ1) is 29.0. The summed E-state index contributed by atoms with van der Waals surface area (Å²) in [6.45, 7) is 6.42. The fourth-order valence-corrected chi connectivity index (χ4v) is 5.46. The van der Waals surface area contributed by atoms with Crippen LogP contribution in [0.3, 0.4) is 0 Å². The molecular weight excluding hydrogens is 559 g/mol. The second-order valence-electron chi connectivity index (χ2n) is 11.6. The van der Waals surface area contributed by atoms with Crippen LogP contribution in [-0.4, -0.2) is 51.6 Å². The van der Waals surface area contributed by atoms with Gasteiger partial charge in [-0.05, 0) is 92.1 Å². The third-order valence-electron chi connectivity index (χ3n) is 7.29. The van der Waals surface area contributed by atoms with Gasteiger partial charge in [-0.25, -0.2) is 4.79 Å². The molecule has 1 heterocycles. The molecule has 0 aromatic heterocycles. The van der Waals surface area contributed by atoms with Crippen LogP contribution in [0.4, 0.5) is 4.79 Å². The summed E-state index contributed by atoms with van der Waals surface area (Å²) in [6.07, 6.45) is 1.91. The van der Waals surface area contributed by atoms with Gasteiger partial charge in [-0.2, -0.15) is 0 Å². The third kappa shape index (κ3) is 6.88. The lowest BCUT2D eigenvalue weighted by atomic mass is 9.90. The number of hydrogen-bond donors (Lipinski definition) is 1. The van der Waals surface area contributed by atoms with Crippen LogP contribution in [0.1, 0.15) is 51.2 Å². The van der Waals surface area contributed by atoms with Crippen molar-refractivity contribution in [3.05, 3.63) is 93.5 Å². The van der Waals surface area contributed by atoms with Crippen LogP contribution in [0, 0.1) is 0 Å². The Bertz CT molecular complexity index is 1490. The van der Waals surface area contributed by atoms with Crippen molar-refractivity contribution in [1.29, 1.82) is 0 Å². The van der Waals surface area contributed by atoms with Gasteiger partial charge in [0.25, 0.3) is 5.91 Å². The summed E-state index contributed by atoms with van der Waals surface area (Å²) >= 11 is 12.8. The average molecular weight is 594 g/mol. The van der Waals surface area contributed by atoms with Crippen LogP contribution in [0.15, 0.2) is 72.3 Å². The topological polar surface area (TPSA) is 70.1 Å². The standard InChI is InChI=1S/C33H34Cl2N2O4/c1-33(2,3)41-32(40)36-17-16-27(23-7-4-6-22(18-23)21-10-14-26(38)15-11-21)28(20-36)31(39)37(25-12-13-25)19-24-8-5-9-29(34)30(24)35/h4-11,14-15,18,25,38H,12-13,16-17,19-20H2,1-3H3. The SMILES string of the molecule is CC(C)(C)OC(=O)N1CCC(c2cccc(-c3ccc(O)cc3)c2)=C(C(=O)N(Cc2cccc(Cl)c2Cl)C2CC2)C1. The van der Waals surface area contributed by atoms with Crippen molar-refractivity contribution < 1.29 is 19.4 Å². The Labute approximate surface area is 251 Å². The van der Waals surface area contributed by atoms with Crippen LogP contribution in [-0.2, 0) is 16.1 Å². The molecular formula is C33H34Cl2N2O4. The quantitative estimate of drug-likeness (QED) is 0.315. The van der Waals surface area contributed by atoms with Crippen LogP contribution in [0.5, 0.6) is 5.75 Å². The second kappa shape index (κ2) is 11.8. The molecule has 1 N–H and O–H groups in total. The van der Waals surface area contributed by atoms with Crippen molar-refractivity contribution >= 4 is 40.8 Å². The number of aromatic hydroxyl groups is 1. The van der Waals surface area contributed by atoms with E-state index in [1.54, 1.807) is 23.1 Å². The molecule has 0 radical (unpaired) electrons. The molecule has 1 fully saturated rings. The highest BCUT2D eigenvalue weighted by molar-refractivity contribution is 6.42. The van der Waals surface area contributed by atoms with Gasteiger partial charge >= 0.3 is 6.09 Å². The maximum Gasteiger partial charge on any atom is 0.410 e. The predicted octanol–water partition coefficient (Wildman–Crippen LogP) is 7.95. The maximum absolute atomic E-state index is 14.4. The summed E-state index contributed by atoms with van der Waals surface area (Å²) in [7, 11) is 0. The molecule has 3 aromatic carbocycles. The zero-order valence-corrected chi connectivity index (χ0v) is 25.0. The molecule has 0 bridgehead atoms. The number of hydrogen-bond acceptors (Lipinski definition) is 4. The number of carbonyl (C=O) groups excluding carboxylic acids is 2. The Balaban J connectivity index is 1.54.